The lowest BCUT2D eigenvalue weighted by Gasteiger charge is -2.10. The van der Waals surface area contributed by atoms with Crippen LogP contribution in [0.5, 0.6) is 5.75 Å². The van der Waals surface area contributed by atoms with E-state index in [-0.39, 0.29) is 11.7 Å². The zero-order valence-electron chi connectivity index (χ0n) is 13.0. The number of nitrogens with zero attached hydrogens (tertiary/aromatic N) is 2. The summed E-state index contributed by atoms with van der Waals surface area (Å²) in [5, 5.41) is 12.8. The van der Waals surface area contributed by atoms with Crippen molar-refractivity contribution >= 4 is 29.0 Å². The molecular weight excluding hydrogens is 304 g/mol. The molecule has 120 valence electrons. The topological polar surface area (TPSA) is 101 Å². The third-order valence-electron chi connectivity index (χ3n) is 3.64. The highest BCUT2D eigenvalue weighted by atomic mass is 16.3. The van der Waals surface area contributed by atoms with Crippen LogP contribution in [0.3, 0.4) is 0 Å². The Morgan fingerprint density at radius 3 is 2.79 bits per heavy atom. The van der Waals surface area contributed by atoms with Crippen LogP contribution in [0.15, 0.2) is 53.5 Å². The number of aryl methyl sites for hydroxylation is 1. The molecule has 0 saturated carbocycles. The largest absolute Gasteiger partial charge is 0.508 e. The average Bonchev–Trinajstić information content (AvgIpc) is 2.55. The molecule has 1 aromatic heterocycles. The van der Waals surface area contributed by atoms with Crippen molar-refractivity contribution < 1.29 is 9.90 Å². The molecular formula is C18H16N4O2. The molecule has 0 aliphatic carbocycles. The molecule has 6 nitrogen and oxygen atoms in total. The van der Waals surface area contributed by atoms with Gasteiger partial charge in [0.05, 0.1) is 16.9 Å². The number of rotatable bonds is 3. The molecule has 24 heavy (non-hydrogen) atoms. The van der Waals surface area contributed by atoms with E-state index in [1.165, 1.54) is 0 Å². The molecule has 0 unspecified atom stereocenters. The van der Waals surface area contributed by atoms with Crippen LogP contribution in [0.1, 0.15) is 5.56 Å². The standard InChI is InChI=1S/C18H16N4O2/c1-11-4-2-3-5-13(11)16-9-17(22-18(19)20-10-23)14-7-6-12(24)8-15(14)21-16/h2-10,24H,1H3,(H3,19,20,21,22,23). The Labute approximate surface area is 138 Å². The SMILES string of the molecule is Cc1ccccc1-c1cc(N=C(N)NC=O)c2ccc(O)cc2n1. The Balaban J connectivity index is 2.27. The highest BCUT2D eigenvalue weighted by molar-refractivity contribution is 5.97. The Hall–Kier alpha value is -3.41. The maximum atomic E-state index is 10.5. The van der Waals surface area contributed by atoms with Crippen LogP contribution >= 0.6 is 0 Å². The number of phenols is 1. The molecule has 0 bridgehead atoms. The summed E-state index contributed by atoms with van der Waals surface area (Å²) in [6, 6.07) is 14.5. The number of hydrogen-bond acceptors (Lipinski definition) is 4. The molecule has 3 rings (SSSR count). The lowest BCUT2D eigenvalue weighted by molar-refractivity contribution is -0.108. The third kappa shape index (κ3) is 3.03. The van der Waals surface area contributed by atoms with Crippen molar-refractivity contribution in [2.75, 3.05) is 0 Å². The first-order valence-electron chi connectivity index (χ1n) is 7.32. The van der Waals surface area contributed by atoms with Crippen molar-refractivity contribution in [3.8, 4) is 17.0 Å². The van der Waals surface area contributed by atoms with Crippen molar-refractivity contribution in [2.45, 2.75) is 6.92 Å². The smallest absolute Gasteiger partial charge is 0.213 e. The number of aliphatic imine (C=N–C) groups is 1. The van der Waals surface area contributed by atoms with Crippen LogP contribution in [-0.4, -0.2) is 22.5 Å². The van der Waals surface area contributed by atoms with Crippen molar-refractivity contribution in [3.05, 3.63) is 54.1 Å². The number of guanidine groups is 1. The number of hydrogen-bond donors (Lipinski definition) is 3. The second-order valence-corrected chi connectivity index (χ2v) is 5.30. The second-order valence-electron chi connectivity index (χ2n) is 5.30. The van der Waals surface area contributed by atoms with E-state index in [1.807, 2.05) is 31.2 Å². The maximum Gasteiger partial charge on any atom is 0.213 e. The van der Waals surface area contributed by atoms with Gasteiger partial charge in [0.1, 0.15) is 5.75 Å². The molecule has 4 N–H and O–H groups in total. The predicted molar refractivity (Wildman–Crippen MR) is 94.1 cm³/mol. The van der Waals surface area contributed by atoms with Crippen molar-refractivity contribution in [3.63, 3.8) is 0 Å². The van der Waals surface area contributed by atoms with Crippen molar-refractivity contribution in [1.29, 1.82) is 0 Å². The maximum absolute atomic E-state index is 10.5. The van der Waals surface area contributed by atoms with Crippen LogP contribution in [-0.2, 0) is 4.79 Å². The molecule has 0 fully saturated rings. The van der Waals surface area contributed by atoms with Gasteiger partial charge in [-0.2, -0.15) is 0 Å². The van der Waals surface area contributed by atoms with Gasteiger partial charge in [-0.05, 0) is 30.7 Å². The summed E-state index contributed by atoms with van der Waals surface area (Å²) in [4.78, 5) is 19.4. The summed E-state index contributed by atoms with van der Waals surface area (Å²) in [6.07, 6.45) is 0.469. The van der Waals surface area contributed by atoms with Gasteiger partial charge in [0.25, 0.3) is 0 Å². The van der Waals surface area contributed by atoms with Crippen LogP contribution < -0.4 is 11.1 Å². The van der Waals surface area contributed by atoms with E-state index in [9.17, 15) is 9.90 Å². The minimum absolute atomic E-state index is 0.0127. The number of aromatic hydroxyl groups is 1. The first-order valence-corrected chi connectivity index (χ1v) is 7.32. The van der Waals surface area contributed by atoms with Gasteiger partial charge in [0.2, 0.25) is 6.41 Å². The van der Waals surface area contributed by atoms with Gasteiger partial charge < -0.3 is 10.8 Å². The molecule has 0 aliphatic heterocycles. The van der Waals surface area contributed by atoms with Gasteiger partial charge in [-0.15, -0.1) is 0 Å². The number of nitrogens with two attached hydrogens (primary N) is 1. The quantitative estimate of drug-likeness (QED) is 0.392. The van der Waals surface area contributed by atoms with Crippen molar-refractivity contribution in [1.82, 2.24) is 10.3 Å². The van der Waals surface area contributed by atoms with Crippen LogP contribution in [0.25, 0.3) is 22.2 Å². The van der Waals surface area contributed by atoms with E-state index in [4.69, 9.17) is 5.73 Å². The molecule has 6 heteroatoms. The fourth-order valence-electron chi connectivity index (χ4n) is 2.51. The summed E-state index contributed by atoms with van der Waals surface area (Å²) in [5.74, 6) is 0.104. The van der Waals surface area contributed by atoms with Gasteiger partial charge >= 0.3 is 0 Å². The number of aromatic nitrogens is 1. The zero-order chi connectivity index (χ0) is 17.1. The minimum atomic E-state index is -0.0127. The molecule has 3 aromatic rings. The Kier molecular flexibility index (Phi) is 4.11. The molecule has 0 aliphatic rings. The lowest BCUT2D eigenvalue weighted by Crippen LogP contribution is -2.29. The van der Waals surface area contributed by atoms with Gasteiger partial charge in [-0.3, -0.25) is 10.1 Å². The summed E-state index contributed by atoms with van der Waals surface area (Å²) in [7, 11) is 0. The molecule has 0 spiro atoms. The van der Waals surface area contributed by atoms with E-state index < -0.39 is 0 Å². The Morgan fingerprint density at radius 2 is 2.04 bits per heavy atom. The first-order chi connectivity index (χ1) is 11.6. The van der Waals surface area contributed by atoms with E-state index in [0.29, 0.717) is 23.3 Å². The number of amides is 1. The van der Waals surface area contributed by atoms with E-state index in [1.54, 1.807) is 24.3 Å². The fraction of sp³-hybridized carbons (Fsp3) is 0.0556. The van der Waals surface area contributed by atoms with Gasteiger partial charge in [0, 0.05) is 17.0 Å². The summed E-state index contributed by atoms with van der Waals surface area (Å²) >= 11 is 0. The molecule has 1 heterocycles. The number of pyridine rings is 1. The lowest BCUT2D eigenvalue weighted by atomic mass is 10.0. The fourth-order valence-corrected chi connectivity index (χ4v) is 2.51. The zero-order valence-corrected chi connectivity index (χ0v) is 13.0. The number of benzene rings is 2. The van der Waals surface area contributed by atoms with Crippen molar-refractivity contribution in [2.24, 2.45) is 10.7 Å². The molecule has 2 aromatic carbocycles. The van der Waals surface area contributed by atoms with Crippen LogP contribution in [0.2, 0.25) is 0 Å². The van der Waals surface area contributed by atoms with Gasteiger partial charge in [0.15, 0.2) is 5.96 Å². The number of phenolic OH excluding ortho intramolecular Hbond substituents is 1. The average molecular weight is 320 g/mol. The number of carbonyl (C=O) groups excluding carboxylic acids is 1. The Morgan fingerprint density at radius 1 is 1.25 bits per heavy atom. The molecule has 1 amide bonds. The number of nitrogens with one attached hydrogen (secondary N) is 1. The van der Waals surface area contributed by atoms with Crippen LogP contribution in [0, 0.1) is 6.92 Å². The molecule has 0 radical (unpaired) electrons. The van der Waals surface area contributed by atoms with Gasteiger partial charge in [-0.25, -0.2) is 9.98 Å². The second kappa shape index (κ2) is 6.37. The third-order valence-corrected chi connectivity index (χ3v) is 3.64. The number of carbonyl (C=O) groups is 1. The van der Waals surface area contributed by atoms with Gasteiger partial charge in [-0.1, -0.05) is 24.3 Å². The predicted octanol–water partition coefficient (Wildman–Crippen LogP) is 2.61. The normalized spacial score (nSPS) is 11.5. The summed E-state index contributed by atoms with van der Waals surface area (Å²) in [5.41, 5.74) is 9.58. The first kappa shape index (κ1) is 15.5. The monoisotopic (exact) mass is 320 g/mol. The minimum Gasteiger partial charge on any atom is -0.508 e. The Bertz CT molecular complexity index is 951. The summed E-state index contributed by atoms with van der Waals surface area (Å²) < 4.78 is 0. The van der Waals surface area contributed by atoms with E-state index in [0.717, 1.165) is 16.5 Å². The summed E-state index contributed by atoms with van der Waals surface area (Å²) in [6.45, 7) is 1.99. The van der Waals surface area contributed by atoms with Crippen LogP contribution in [0.4, 0.5) is 5.69 Å². The highest BCUT2D eigenvalue weighted by Crippen LogP contribution is 2.33. The molecule has 0 atom stereocenters. The molecule has 0 saturated heterocycles. The number of fused-ring (bicyclic) bond motifs is 1. The van der Waals surface area contributed by atoms with E-state index in [2.05, 4.69) is 15.3 Å². The van der Waals surface area contributed by atoms with E-state index >= 15 is 0 Å². The highest BCUT2D eigenvalue weighted by Gasteiger charge is 2.10.